The van der Waals surface area contributed by atoms with E-state index in [1.54, 1.807) is 0 Å². The third-order valence-corrected chi connectivity index (χ3v) is 3.74. The van der Waals surface area contributed by atoms with Gasteiger partial charge in [0, 0.05) is 13.1 Å². The van der Waals surface area contributed by atoms with E-state index in [2.05, 4.69) is 37.9 Å². The number of hydrogen-bond acceptors (Lipinski definition) is 4. The molecule has 20 heavy (non-hydrogen) atoms. The van der Waals surface area contributed by atoms with Crippen LogP contribution in [0.1, 0.15) is 54.4 Å². The molecule has 2 unspecified atom stereocenters. The third kappa shape index (κ3) is 6.71. The Labute approximate surface area is 125 Å². The Morgan fingerprint density at radius 1 is 1.30 bits per heavy atom. The van der Waals surface area contributed by atoms with Gasteiger partial charge in [-0.2, -0.15) is 0 Å². The normalized spacial score (nSPS) is 15.9. The molecular weight excluding hydrogens is 252 g/mol. The van der Waals surface area contributed by atoms with Gasteiger partial charge in [0.1, 0.15) is 5.54 Å². The molecule has 0 aliphatic heterocycles. The lowest BCUT2D eigenvalue weighted by Crippen LogP contribution is -2.58. The van der Waals surface area contributed by atoms with Crippen molar-refractivity contribution in [3.8, 4) is 0 Å². The van der Waals surface area contributed by atoms with Crippen molar-refractivity contribution >= 4 is 5.97 Å². The Kier molecular flexibility index (Phi) is 9.86. The molecule has 0 spiro atoms. The minimum atomic E-state index is -0.616. The zero-order chi connectivity index (χ0) is 15.6. The Bertz CT molecular complexity index is 271. The first-order chi connectivity index (χ1) is 9.43. The summed E-state index contributed by atoms with van der Waals surface area (Å²) in [6, 6.07) is 0. The van der Waals surface area contributed by atoms with E-state index in [0.29, 0.717) is 19.1 Å². The Balaban J connectivity index is 4.78. The van der Waals surface area contributed by atoms with Gasteiger partial charge in [-0.15, -0.1) is 0 Å². The van der Waals surface area contributed by atoms with E-state index in [1.807, 2.05) is 13.8 Å². The SMILES string of the molecule is CCCNC(C)(CN(CC)CC(C)CC)C(=O)OCC. The Morgan fingerprint density at radius 3 is 2.40 bits per heavy atom. The van der Waals surface area contributed by atoms with Gasteiger partial charge in [0.25, 0.3) is 0 Å². The standard InChI is InChI=1S/C16H34N2O2/c1-7-11-17-16(6,15(19)20-10-4)13-18(9-3)12-14(5)8-2/h14,17H,7-13H2,1-6H3. The lowest BCUT2D eigenvalue weighted by molar-refractivity contribution is -0.151. The Hall–Kier alpha value is -0.610. The second-order valence-corrected chi connectivity index (χ2v) is 5.82. The van der Waals surface area contributed by atoms with E-state index in [-0.39, 0.29) is 5.97 Å². The lowest BCUT2D eigenvalue weighted by atomic mass is 10.00. The van der Waals surface area contributed by atoms with Crippen LogP contribution in [0.2, 0.25) is 0 Å². The highest BCUT2D eigenvalue weighted by Crippen LogP contribution is 2.13. The van der Waals surface area contributed by atoms with Crippen LogP contribution in [0.3, 0.4) is 0 Å². The molecule has 0 saturated heterocycles. The van der Waals surface area contributed by atoms with E-state index in [0.717, 1.165) is 32.5 Å². The summed E-state index contributed by atoms with van der Waals surface area (Å²) in [4.78, 5) is 14.6. The van der Waals surface area contributed by atoms with Crippen LogP contribution in [-0.2, 0) is 9.53 Å². The van der Waals surface area contributed by atoms with Crippen LogP contribution >= 0.6 is 0 Å². The molecular formula is C16H34N2O2. The summed E-state index contributed by atoms with van der Waals surface area (Å²) >= 11 is 0. The minimum Gasteiger partial charge on any atom is -0.465 e. The lowest BCUT2D eigenvalue weighted by Gasteiger charge is -2.35. The number of nitrogens with one attached hydrogen (secondary N) is 1. The largest absolute Gasteiger partial charge is 0.465 e. The molecule has 0 aromatic heterocycles. The fraction of sp³-hybridized carbons (Fsp3) is 0.938. The highest BCUT2D eigenvalue weighted by molar-refractivity contribution is 5.80. The monoisotopic (exact) mass is 286 g/mol. The van der Waals surface area contributed by atoms with Crippen LogP contribution in [0.15, 0.2) is 0 Å². The zero-order valence-corrected chi connectivity index (χ0v) is 14.3. The fourth-order valence-corrected chi connectivity index (χ4v) is 2.21. The van der Waals surface area contributed by atoms with E-state index >= 15 is 0 Å². The highest BCUT2D eigenvalue weighted by atomic mass is 16.5. The van der Waals surface area contributed by atoms with Crippen molar-refractivity contribution in [2.75, 3.05) is 32.8 Å². The average molecular weight is 286 g/mol. The summed E-state index contributed by atoms with van der Waals surface area (Å²) < 4.78 is 5.25. The van der Waals surface area contributed by atoms with Crippen LogP contribution in [0, 0.1) is 5.92 Å². The van der Waals surface area contributed by atoms with Crippen LogP contribution in [0.25, 0.3) is 0 Å². The molecule has 0 heterocycles. The van der Waals surface area contributed by atoms with Crippen molar-refractivity contribution in [1.29, 1.82) is 0 Å². The number of rotatable bonds is 11. The number of nitrogens with zero attached hydrogens (tertiary/aromatic N) is 1. The predicted molar refractivity (Wildman–Crippen MR) is 84.9 cm³/mol. The number of hydrogen-bond donors (Lipinski definition) is 1. The van der Waals surface area contributed by atoms with Crippen LogP contribution in [0.4, 0.5) is 0 Å². The summed E-state index contributed by atoms with van der Waals surface area (Å²) in [5.74, 6) is 0.503. The van der Waals surface area contributed by atoms with Gasteiger partial charge < -0.3 is 15.0 Å². The number of ether oxygens (including phenoxy) is 1. The first-order valence-corrected chi connectivity index (χ1v) is 8.07. The number of carbonyl (C=O) groups is 1. The van der Waals surface area contributed by atoms with E-state index in [4.69, 9.17) is 4.74 Å². The molecule has 0 radical (unpaired) electrons. The van der Waals surface area contributed by atoms with Gasteiger partial charge in [-0.05, 0) is 39.3 Å². The van der Waals surface area contributed by atoms with Gasteiger partial charge in [-0.3, -0.25) is 4.79 Å². The van der Waals surface area contributed by atoms with Crippen molar-refractivity contribution in [1.82, 2.24) is 10.2 Å². The summed E-state index contributed by atoms with van der Waals surface area (Å²) in [6.45, 7) is 16.5. The molecule has 0 aliphatic carbocycles. The number of carbonyl (C=O) groups excluding carboxylic acids is 1. The molecule has 0 amide bonds. The van der Waals surface area contributed by atoms with Crippen molar-refractivity contribution in [3.05, 3.63) is 0 Å². The molecule has 4 heteroatoms. The molecule has 0 bridgehead atoms. The van der Waals surface area contributed by atoms with Gasteiger partial charge in [-0.1, -0.05) is 34.1 Å². The molecule has 0 saturated carbocycles. The molecule has 4 nitrogen and oxygen atoms in total. The Morgan fingerprint density at radius 2 is 1.95 bits per heavy atom. The maximum absolute atomic E-state index is 12.3. The van der Waals surface area contributed by atoms with Crippen LogP contribution < -0.4 is 5.32 Å². The predicted octanol–water partition coefficient (Wildman–Crippen LogP) is 2.68. The molecule has 0 fully saturated rings. The van der Waals surface area contributed by atoms with Gasteiger partial charge >= 0.3 is 5.97 Å². The minimum absolute atomic E-state index is 0.143. The van der Waals surface area contributed by atoms with Crippen molar-refractivity contribution < 1.29 is 9.53 Å². The zero-order valence-electron chi connectivity index (χ0n) is 14.3. The van der Waals surface area contributed by atoms with Crippen molar-refractivity contribution in [2.24, 2.45) is 5.92 Å². The van der Waals surface area contributed by atoms with Gasteiger partial charge in [-0.25, -0.2) is 0 Å². The summed E-state index contributed by atoms with van der Waals surface area (Å²) in [5.41, 5.74) is -0.616. The molecule has 0 rings (SSSR count). The van der Waals surface area contributed by atoms with E-state index < -0.39 is 5.54 Å². The highest BCUT2D eigenvalue weighted by Gasteiger charge is 2.35. The molecule has 0 aromatic rings. The summed E-state index contributed by atoms with van der Waals surface area (Å²) in [6.07, 6.45) is 2.17. The quantitative estimate of drug-likeness (QED) is 0.593. The average Bonchev–Trinajstić information content (AvgIpc) is 2.44. The smallest absolute Gasteiger partial charge is 0.327 e. The first kappa shape index (κ1) is 19.4. The van der Waals surface area contributed by atoms with Gasteiger partial charge in [0.05, 0.1) is 6.61 Å². The van der Waals surface area contributed by atoms with Gasteiger partial charge in [0.15, 0.2) is 0 Å². The fourth-order valence-electron chi connectivity index (χ4n) is 2.21. The third-order valence-electron chi connectivity index (χ3n) is 3.74. The second-order valence-electron chi connectivity index (χ2n) is 5.82. The van der Waals surface area contributed by atoms with Crippen LogP contribution in [-0.4, -0.2) is 49.2 Å². The summed E-state index contributed by atoms with van der Waals surface area (Å²) in [5, 5.41) is 3.37. The van der Waals surface area contributed by atoms with Crippen molar-refractivity contribution in [3.63, 3.8) is 0 Å². The van der Waals surface area contributed by atoms with E-state index in [9.17, 15) is 4.79 Å². The molecule has 1 N–H and O–H groups in total. The maximum Gasteiger partial charge on any atom is 0.327 e. The topological polar surface area (TPSA) is 41.6 Å². The number of likely N-dealkylation sites (N-methyl/N-ethyl adjacent to an activating group) is 1. The maximum atomic E-state index is 12.3. The second kappa shape index (κ2) is 10.2. The van der Waals surface area contributed by atoms with Crippen molar-refractivity contribution in [2.45, 2.75) is 59.9 Å². The molecule has 0 aromatic carbocycles. The molecule has 120 valence electrons. The number of esters is 1. The van der Waals surface area contributed by atoms with E-state index in [1.165, 1.54) is 0 Å². The van der Waals surface area contributed by atoms with Crippen LogP contribution in [0.5, 0.6) is 0 Å². The molecule has 2 atom stereocenters. The first-order valence-electron chi connectivity index (χ1n) is 8.07. The molecule has 0 aliphatic rings. The summed E-state index contributed by atoms with van der Waals surface area (Å²) in [7, 11) is 0. The van der Waals surface area contributed by atoms with Gasteiger partial charge in [0.2, 0.25) is 0 Å².